The zero-order chi connectivity index (χ0) is 14.7. The van der Waals surface area contributed by atoms with E-state index in [2.05, 4.69) is 41.2 Å². The average Bonchev–Trinajstić information content (AvgIpc) is 2.36. The normalized spacial score (nSPS) is 16.4. The molecule has 0 bridgehead atoms. The molecule has 2 rings (SSSR count). The van der Waals surface area contributed by atoms with Crippen molar-refractivity contribution in [2.24, 2.45) is 0 Å². The largest absolute Gasteiger partial charge is 0.324 e. The SMILES string of the molecule is Cc1cc(C)c(NC(=O)CN2CCN(C)CC2)c(C)c1.Cl. The first-order chi connectivity index (χ1) is 9.45. The summed E-state index contributed by atoms with van der Waals surface area (Å²) in [4.78, 5) is 16.7. The van der Waals surface area contributed by atoms with Crippen LogP contribution < -0.4 is 5.32 Å². The monoisotopic (exact) mass is 311 g/mol. The first-order valence-corrected chi connectivity index (χ1v) is 7.24. The van der Waals surface area contributed by atoms with Crippen molar-refractivity contribution in [3.05, 3.63) is 28.8 Å². The molecule has 4 nitrogen and oxygen atoms in total. The van der Waals surface area contributed by atoms with Crippen LogP contribution in [0.5, 0.6) is 0 Å². The van der Waals surface area contributed by atoms with Gasteiger partial charge in [0.2, 0.25) is 5.91 Å². The molecular weight excluding hydrogens is 286 g/mol. The molecule has 0 saturated carbocycles. The van der Waals surface area contributed by atoms with E-state index in [0.29, 0.717) is 6.54 Å². The Hall–Kier alpha value is -1.10. The third kappa shape index (κ3) is 4.99. The lowest BCUT2D eigenvalue weighted by atomic mass is 10.1. The number of nitrogens with zero attached hydrogens (tertiary/aromatic N) is 2. The Morgan fingerprint density at radius 1 is 1.10 bits per heavy atom. The lowest BCUT2D eigenvalue weighted by molar-refractivity contribution is -0.117. The quantitative estimate of drug-likeness (QED) is 0.930. The highest BCUT2D eigenvalue weighted by Gasteiger charge is 2.17. The molecule has 1 aliphatic rings. The third-order valence-electron chi connectivity index (χ3n) is 3.90. The number of rotatable bonds is 3. The molecule has 0 radical (unpaired) electrons. The van der Waals surface area contributed by atoms with Gasteiger partial charge >= 0.3 is 0 Å². The van der Waals surface area contributed by atoms with Crippen LogP contribution in [0.3, 0.4) is 0 Å². The first-order valence-electron chi connectivity index (χ1n) is 7.24. The fraction of sp³-hybridized carbons (Fsp3) is 0.562. The zero-order valence-corrected chi connectivity index (χ0v) is 14.2. The molecule has 1 amide bonds. The number of carbonyl (C=O) groups excluding carboxylic acids is 1. The highest BCUT2D eigenvalue weighted by atomic mass is 35.5. The van der Waals surface area contributed by atoms with Crippen LogP contribution in [0.25, 0.3) is 0 Å². The van der Waals surface area contributed by atoms with Gasteiger partial charge in [-0.3, -0.25) is 9.69 Å². The van der Waals surface area contributed by atoms with Crippen molar-refractivity contribution >= 4 is 24.0 Å². The van der Waals surface area contributed by atoms with Gasteiger partial charge in [-0.05, 0) is 38.9 Å². The van der Waals surface area contributed by atoms with Crippen LogP contribution in [0, 0.1) is 20.8 Å². The summed E-state index contributed by atoms with van der Waals surface area (Å²) in [6.45, 7) is 10.7. The van der Waals surface area contributed by atoms with Gasteiger partial charge in [-0.25, -0.2) is 0 Å². The minimum Gasteiger partial charge on any atom is -0.324 e. The van der Waals surface area contributed by atoms with Crippen LogP contribution >= 0.6 is 12.4 Å². The molecule has 5 heteroatoms. The summed E-state index contributed by atoms with van der Waals surface area (Å²) in [5.74, 6) is 0.0876. The Kier molecular flexibility index (Phi) is 6.65. The molecule has 1 N–H and O–H groups in total. The van der Waals surface area contributed by atoms with E-state index in [1.165, 1.54) is 5.56 Å². The summed E-state index contributed by atoms with van der Waals surface area (Å²) < 4.78 is 0. The van der Waals surface area contributed by atoms with Gasteiger partial charge in [-0.2, -0.15) is 0 Å². The number of nitrogens with one attached hydrogen (secondary N) is 1. The van der Waals surface area contributed by atoms with E-state index in [-0.39, 0.29) is 18.3 Å². The molecule has 118 valence electrons. The van der Waals surface area contributed by atoms with E-state index >= 15 is 0 Å². The van der Waals surface area contributed by atoms with Crippen LogP contribution in [0.4, 0.5) is 5.69 Å². The number of hydrogen-bond acceptors (Lipinski definition) is 3. The molecule has 1 aromatic carbocycles. The minimum atomic E-state index is 0. The predicted octanol–water partition coefficient (Wildman–Crippen LogP) is 2.22. The number of piperazine rings is 1. The number of aryl methyl sites for hydroxylation is 3. The van der Waals surface area contributed by atoms with E-state index in [0.717, 1.165) is 43.0 Å². The number of benzene rings is 1. The van der Waals surface area contributed by atoms with Gasteiger partial charge in [0.05, 0.1) is 6.54 Å². The Morgan fingerprint density at radius 2 is 1.62 bits per heavy atom. The smallest absolute Gasteiger partial charge is 0.238 e. The van der Waals surface area contributed by atoms with Crippen molar-refractivity contribution < 1.29 is 4.79 Å². The summed E-state index contributed by atoms with van der Waals surface area (Å²) >= 11 is 0. The molecule has 1 fully saturated rings. The molecule has 21 heavy (non-hydrogen) atoms. The molecule has 0 unspecified atom stereocenters. The van der Waals surface area contributed by atoms with Crippen LogP contribution in [0.15, 0.2) is 12.1 Å². The van der Waals surface area contributed by atoms with Crippen molar-refractivity contribution in [3.63, 3.8) is 0 Å². The Morgan fingerprint density at radius 3 is 2.14 bits per heavy atom. The van der Waals surface area contributed by atoms with Crippen molar-refractivity contribution in [1.29, 1.82) is 0 Å². The third-order valence-corrected chi connectivity index (χ3v) is 3.90. The second kappa shape index (κ2) is 7.78. The molecule has 0 aromatic heterocycles. The standard InChI is InChI=1S/C16H25N3O.ClH/c1-12-9-13(2)16(14(3)10-12)17-15(20)11-19-7-5-18(4)6-8-19;/h9-10H,5-8,11H2,1-4H3,(H,17,20);1H. The van der Waals surface area contributed by atoms with E-state index in [1.54, 1.807) is 0 Å². The molecule has 0 atom stereocenters. The highest BCUT2D eigenvalue weighted by molar-refractivity contribution is 5.93. The molecule has 1 heterocycles. The molecule has 0 aliphatic carbocycles. The van der Waals surface area contributed by atoms with Crippen molar-refractivity contribution in [2.45, 2.75) is 20.8 Å². The lowest BCUT2D eigenvalue weighted by Crippen LogP contribution is -2.47. The second-order valence-electron chi connectivity index (χ2n) is 5.90. The number of likely N-dealkylation sites (N-methyl/N-ethyl adjacent to an activating group) is 1. The number of halogens is 1. The Labute approximate surface area is 133 Å². The Balaban J connectivity index is 0.00000220. The summed E-state index contributed by atoms with van der Waals surface area (Å²) in [7, 11) is 2.12. The number of anilines is 1. The lowest BCUT2D eigenvalue weighted by Gasteiger charge is -2.31. The number of hydrogen-bond donors (Lipinski definition) is 1. The minimum absolute atomic E-state index is 0. The van der Waals surface area contributed by atoms with Gasteiger partial charge in [-0.1, -0.05) is 17.7 Å². The number of carbonyl (C=O) groups is 1. The predicted molar refractivity (Wildman–Crippen MR) is 90.5 cm³/mol. The summed E-state index contributed by atoms with van der Waals surface area (Å²) in [6.07, 6.45) is 0. The maximum Gasteiger partial charge on any atom is 0.238 e. The molecular formula is C16H26ClN3O. The fourth-order valence-electron chi connectivity index (χ4n) is 2.77. The van der Waals surface area contributed by atoms with Gasteiger partial charge in [-0.15, -0.1) is 12.4 Å². The van der Waals surface area contributed by atoms with E-state index in [1.807, 2.05) is 13.8 Å². The van der Waals surface area contributed by atoms with Crippen molar-refractivity contribution in [1.82, 2.24) is 9.80 Å². The van der Waals surface area contributed by atoms with Crippen LogP contribution in [0.2, 0.25) is 0 Å². The van der Waals surface area contributed by atoms with Gasteiger partial charge < -0.3 is 10.2 Å². The summed E-state index contributed by atoms with van der Waals surface area (Å²) in [5, 5.41) is 3.07. The van der Waals surface area contributed by atoms with Gasteiger partial charge in [0, 0.05) is 31.9 Å². The van der Waals surface area contributed by atoms with Crippen molar-refractivity contribution in [3.8, 4) is 0 Å². The second-order valence-corrected chi connectivity index (χ2v) is 5.90. The maximum absolute atomic E-state index is 12.2. The van der Waals surface area contributed by atoms with Crippen molar-refractivity contribution in [2.75, 3.05) is 45.1 Å². The van der Waals surface area contributed by atoms with Gasteiger partial charge in [0.15, 0.2) is 0 Å². The molecule has 1 aromatic rings. The van der Waals surface area contributed by atoms with Crippen LogP contribution in [0.1, 0.15) is 16.7 Å². The van der Waals surface area contributed by atoms with Crippen LogP contribution in [-0.4, -0.2) is 55.5 Å². The van der Waals surface area contributed by atoms with E-state index in [9.17, 15) is 4.79 Å². The molecule has 1 saturated heterocycles. The first kappa shape index (κ1) is 18.0. The van der Waals surface area contributed by atoms with Crippen LogP contribution in [-0.2, 0) is 4.79 Å². The topological polar surface area (TPSA) is 35.6 Å². The Bertz CT molecular complexity index is 473. The highest BCUT2D eigenvalue weighted by Crippen LogP contribution is 2.21. The maximum atomic E-state index is 12.2. The van der Waals surface area contributed by atoms with E-state index < -0.39 is 0 Å². The van der Waals surface area contributed by atoms with Gasteiger partial charge in [0.1, 0.15) is 0 Å². The fourth-order valence-corrected chi connectivity index (χ4v) is 2.77. The summed E-state index contributed by atoms with van der Waals surface area (Å²) in [6, 6.07) is 4.22. The van der Waals surface area contributed by atoms with E-state index in [4.69, 9.17) is 0 Å². The molecule has 1 aliphatic heterocycles. The molecule has 0 spiro atoms. The van der Waals surface area contributed by atoms with Gasteiger partial charge in [0.25, 0.3) is 0 Å². The number of amides is 1. The average molecular weight is 312 g/mol. The zero-order valence-electron chi connectivity index (χ0n) is 13.4. The summed E-state index contributed by atoms with van der Waals surface area (Å²) in [5.41, 5.74) is 4.47.